The molecule has 0 amide bonds. The molecule has 98 valence electrons. The van der Waals surface area contributed by atoms with Crippen LogP contribution in [-0.4, -0.2) is 11.6 Å². The monoisotopic (exact) mass is 247 g/mol. The molecular weight excluding hydrogens is 226 g/mol. The first-order valence-electron chi connectivity index (χ1n) is 6.42. The molecule has 3 nitrogen and oxygen atoms in total. The highest BCUT2D eigenvalue weighted by Crippen LogP contribution is 2.47. The van der Waals surface area contributed by atoms with Gasteiger partial charge in [0.05, 0.1) is 5.92 Å². The van der Waals surface area contributed by atoms with Gasteiger partial charge in [-0.25, -0.2) is 0 Å². The molecule has 2 N–H and O–H groups in total. The van der Waals surface area contributed by atoms with E-state index in [1.165, 1.54) is 0 Å². The molecule has 1 aromatic carbocycles. The second-order valence-corrected chi connectivity index (χ2v) is 5.98. The maximum atomic E-state index is 11.9. The van der Waals surface area contributed by atoms with Crippen LogP contribution in [0.2, 0.25) is 0 Å². The van der Waals surface area contributed by atoms with Gasteiger partial charge in [-0.1, -0.05) is 30.3 Å². The Kier molecular flexibility index (Phi) is 3.44. The van der Waals surface area contributed by atoms with Crippen molar-refractivity contribution in [3.63, 3.8) is 0 Å². The molecule has 0 radical (unpaired) electrons. The summed E-state index contributed by atoms with van der Waals surface area (Å²) in [5.41, 5.74) is 6.86. The SMILES string of the molecule is CC(C)(C)OC(=O)[C@@H]1C[C@H]1[C@@H](N)c1ccccc1. The van der Waals surface area contributed by atoms with Crippen molar-refractivity contribution in [1.82, 2.24) is 0 Å². The van der Waals surface area contributed by atoms with Crippen LogP contribution in [0.1, 0.15) is 38.8 Å². The fourth-order valence-corrected chi connectivity index (χ4v) is 2.18. The van der Waals surface area contributed by atoms with Gasteiger partial charge < -0.3 is 10.5 Å². The highest BCUT2D eigenvalue weighted by Gasteiger charge is 2.48. The Labute approximate surface area is 108 Å². The molecule has 1 aromatic rings. The Bertz CT molecular complexity index is 422. The number of esters is 1. The first kappa shape index (κ1) is 13.1. The summed E-state index contributed by atoms with van der Waals surface area (Å²) in [5, 5.41) is 0. The molecule has 0 heterocycles. The van der Waals surface area contributed by atoms with Crippen LogP contribution in [0.3, 0.4) is 0 Å². The van der Waals surface area contributed by atoms with Gasteiger partial charge in [0.1, 0.15) is 5.60 Å². The second-order valence-electron chi connectivity index (χ2n) is 5.98. The van der Waals surface area contributed by atoms with Gasteiger partial charge in [0.15, 0.2) is 0 Å². The minimum absolute atomic E-state index is 0.0283. The molecule has 3 heteroatoms. The summed E-state index contributed by atoms with van der Waals surface area (Å²) < 4.78 is 5.38. The first-order valence-corrected chi connectivity index (χ1v) is 6.42. The predicted molar refractivity (Wildman–Crippen MR) is 70.8 cm³/mol. The molecule has 2 rings (SSSR count). The smallest absolute Gasteiger partial charge is 0.309 e. The zero-order chi connectivity index (χ0) is 13.3. The Hall–Kier alpha value is -1.35. The molecule has 0 bridgehead atoms. The van der Waals surface area contributed by atoms with Gasteiger partial charge in [-0.05, 0) is 38.7 Å². The number of carbonyl (C=O) groups excluding carboxylic acids is 1. The number of benzene rings is 1. The third-order valence-corrected chi connectivity index (χ3v) is 3.20. The molecule has 0 saturated heterocycles. The van der Waals surface area contributed by atoms with Crippen LogP contribution in [0.5, 0.6) is 0 Å². The molecule has 1 fully saturated rings. The van der Waals surface area contributed by atoms with Crippen molar-refractivity contribution in [2.75, 3.05) is 0 Å². The van der Waals surface area contributed by atoms with Crippen LogP contribution >= 0.6 is 0 Å². The van der Waals surface area contributed by atoms with E-state index >= 15 is 0 Å². The van der Waals surface area contributed by atoms with Crippen LogP contribution in [0.15, 0.2) is 30.3 Å². The number of hydrogen-bond donors (Lipinski definition) is 1. The van der Waals surface area contributed by atoms with Gasteiger partial charge in [-0.3, -0.25) is 4.79 Å². The molecule has 0 unspecified atom stereocenters. The third-order valence-electron chi connectivity index (χ3n) is 3.20. The van der Waals surface area contributed by atoms with Crippen molar-refractivity contribution in [2.45, 2.75) is 38.8 Å². The Balaban J connectivity index is 1.93. The molecular formula is C15H21NO2. The molecule has 0 spiro atoms. The van der Waals surface area contributed by atoms with Crippen molar-refractivity contribution in [2.24, 2.45) is 17.6 Å². The van der Waals surface area contributed by atoms with Gasteiger partial charge >= 0.3 is 5.97 Å². The summed E-state index contributed by atoms with van der Waals surface area (Å²) in [6.45, 7) is 5.66. The van der Waals surface area contributed by atoms with E-state index in [1.807, 2.05) is 51.1 Å². The van der Waals surface area contributed by atoms with Crippen LogP contribution in [0.25, 0.3) is 0 Å². The third kappa shape index (κ3) is 3.10. The van der Waals surface area contributed by atoms with E-state index in [9.17, 15) is 4.79 Å². The van der Waals surface area contributed by atoms with Gasteiger partial charge in [0, 0.05) is 6.04 Å². The van der Waals surface area contributed by atoms with E-state index in [4.69, 9.17) is 10.5 Å². The lowest BCUT2D eigenvalue weighted by Gasteiger charge is -2.20. The minimum Gasteiger partial charge on any atom is -0.460 e. The van der Waals surface area contributed by atoms with Gasteiger partial charge in [0.25, 0.3) is 0 Å². The maximum Gasteiger partial charge on any atom is 0.309 e. The highest BCUT2D eigenvalue weighted by atomic mass is 16.6. The van der Waals surface area contributed by atoms with Gasteiger partial charge in [-0.2, -0.15) is 0 Å². The summed E-state index contributed by atoms with van der Waals surface area (Å²) >= 11 is 0. The van der Waals surface area contributed by atoms with Crippen molar-refractivity contribution < 1.29 is 9.53 Å². The molecule has 1 saturated carbocycles. The lowest BCUT2D eigenvalue weighted by atomic mass is 10.0. The summed E-state index contributed by atoms with van der Waals surface area (Å²) in [6, 6.07) is 9.86. The van der Waals surface area contributed by atoms with E-state index < -0.39 is 5.60 Å². The first-order chi connectivity index (χ1) is 8.38. The van der Waals surface area contributed by atoms with Crippen LogP contribution in [-0.2, 0) is 9.53 Å². The summed E-state index contributed by atoms with van der Waals surface area (Å²) in [6.07, 6.45) is 0.838. The van der Waals surface area contributed by atoms with Crippen molar-refractivity contribution >= 4 is 5.97 Å². The van der Waals surface area contributed by atoms with E-state index in [2.05, 4.69) is 0 Å². The molecule has 18 heavy (non-hydrogen) atoms. The number of hydrogen-bond acceptors (Lipinski definition) is 3. The van der Waals surface area contributed by atoms with E-state index in [1.54, 1.807) is 0 Å². The number of carbonyl (C=O) groups is 1. The average molecular weight is 247 g/mol. The largest absolute Gasteiger partial charge is 0.460 e. The fourth-order valence-electron chi connectivity index (χ4n) is 2.18. The Morgan fingerprint density at radius 1 is 1.33 bits per heavy atom. The van der Waals surface area contributed by atoms with Crippen molar-refractivity contribution in [3.05, 3.63) is 35.9 Å². The minimum atomic E-state index is -0.416. The number of ether oxygens (including phenoxy) is 1. The van der Waals surface area contributed by atoms with Gasteiger partial charge in [-0.15, -0.1) is 0 Å². The standard InChI is InChI=1S/C15H21NO2/c1-15(2,3)18-14(17)12-9-11(12)13(16)10-7-5-4-6-8-10/h4-8,11-13H,9,16H2,1-3H3/t11-,12-,13+/m1/s1. The zero-order valence-electron chi connectivity index (χ0n) is 11.2. The topological polar surface area (TPSA) is 52.3 Å². The Morgan fingerprint density at radius 3 is 2.50 bits per heavy atom. The number of rotatable bonds is 3. The lowest BCUT2D eigenvalue weighted by Crippen LogP contribution is -2.26. The zero-order valence-corrected chi connectivity index (χ0v) is 11.2. The summed E-state index contributed by atoms with van der Waals surface area (Å²) in [4.78, 5) is 11.9. The maximum absolute atomic E-state index is 11.9. The lowest BCUT2D eigenvalue weighted by molar-refractivity contribution is -0.156. The molecule has 3 atom stereocenters. The summed E-state index contributed by atoms with van der Waals surface area (Å²) in [7, 11) is 0. The molecule has 1 aliphatic rings. The highest BCUT2D eigenvalue weighted by molar-refractivity contribution is 5.76. The fraction of sp³-hybridized carbons (Fsp3) is 0.533. The molecule has 0 aromatic heterocycles. The van der Waals surface area contributed by atoms with Crippen LogP contribution in [0, 0.1) is 11.8 Å². The number of nitrogens with two attached hydrogens (primary N) is 1. The van der Waals surface area contributed by atoms with Crippen molar-refractivity contribution in [1.29, 1.82) is 0 Å². The Morgan fingerprint density at radius 2 is 1.94 bits per heavy atom. The molecule has 0 aliphatic heterocycles. The van der Waals surface area contributed by atoms with Gasteiger partial charge in [0.2, 0.25) is 0 Å². The van der Waals surface area contributed by atoms with E-state index in [0.717, 1.165) is 12.0 Å². The summed E-state index contributed by atoms with van der Waals surface area (Å²) in [5.74, 6) is 0.0839. The van der Waals surface area contributed by atoms with Crippen molar-refractivity contribution in [3.8, 4) is 0 Å². The van der Waals surface area contributed by atoms with Crippen LogP contribution in [0.4, 0.5) is 0 Å². The van der Waals surface area contributed by atoms with E-state index in [-0.39, 0.29) is 23.8 Å². The average Bonchev–Trinajstić information content (AvgIpc) is 3.07. The predicted octanol–water partition coefficient (Wildman–Crippen LogP) is 2.66. The van der Waals surface area contributed by atoms with Crippen LogP contribution < -0.4 is 5.73 Å². The van der Waals surface area contributed by atoms with E-state index in [0.29, 0.717) is 0 Å². The quantitative estimate of drug-likeness (QED) is 0.835. The second kappa shape index (κ2) is 4.73. The normalized spacial score (nSPS) is 24.4. The molecule has 1 aliphatic carbocycles.